The fourth-order valence-electron chi connectivity index (χ4n) is 2.96. The van der Waals surface area contributed by atoms with Crippen molar-refractivity contribution in [3.05, 3.63) is 59.7 Å². The van der Waals surface area contributed by atoms with Crippen LogP contribution < -0.4 is 15.1 Å². The van der Waals surface area contributed by atoms with Crippen molar-refractivity contribution >= 4 is 29.0 Å². The summed E-state index contributed by atoms with van der Waals surface area (Å²) in [5, 5.41) is 12.2. The summed E-state index contributed by atoms with van der Waals surface area (Å²) < 4.78 is 5.37. The van der Waals surface area contributed by atoms with Crippen molar-refractivity contribution in [1.29, 1.82) is 5.26 Å². The third kappa shape index (κ3) is 4.90. The largest absolute Gasteiger partial charge is 0.378 e. The molecule has 1 N–H and O–H groups in total. The summed E-state index contributed by atoms with van der Waals surface area (Å²) in [5.74, 6) is -0.418. The predicted octanol–water partition coefficient (Wildman–Crippen LogP) is 3.13. The zero-order valence-electron chi connectivity index (χ0n) is 16.2. The maximum absolute atomic E-state index is 12.5. The average Bonchev–Trinajstić information content (AvgIpc) is 2.73. The Kier molecular flexibility index (Phi) is 6.30. The first-order valence-corrected chi connectivity index (χ1v) is 9.20. The second-order valence-corrected chi connectivity index (χ2v) is 6.76. The Balaban J connectivity index is 1.67. The van der Waals surface area contributed by atoms with E-state index in [1.807, 2.05) is 73.6 Å². The molecule has 0 saturated carbocycles. The first kappa shape index (κ1) is 19.5. The molecule has 1 aliphatic heterocycles. The Morgan fingerprint density at radius 1 is 1.11 bits per heavy atom. The molecule has 2 aromatic rings. The molecule has 0 spiro atoms. The van der Waals surface area contributed by atoms with Gasteiger partial charge >= 0.3 is 0 Å². The maximum Gasteiger partial charge on any atom is 0.266 e. The lowest BCUT2D eigenvalue weighted by atomic mass is 10.1. The van der Waals surface area contributed by atoms with Crippen molar-refractivity contribution in [3.8, 4) is 6.07 Å². The molecule has 1 aliphatic rings. The first-order chi connectivity index (χ1) is 13.6. The number of hydrogen-bond acceptors (Lipinski definition) is 5. The molecule has 6 heteroatoms. The number of carbonyl (C=O) groups excluding carboxylic acids is 1. The molecule has 0 radical (unpaired) electrons. The van der Waals surface area contributed by atoms with Crippen LogP contribution in [-0.2, 0) is 9.53 Å². The molecule has 3 rings (SSSR count). The number of anilines is 3. The molecule has 0 unspecified atom stereocenters. The molecule has 1 amide bonds. The number of nitriles is 1. The molecular weight excluding hydrogens is 352 g/mol. The monoisotopic (exact) mass is 376 g/mol. The zero-order valence-corrected chi connectivity index (χ0v) is 16.2. The van der Waals surface area contributed by atoms with Crippen LogP contribution in [0.1, 0.15) is 5.56 Å². The second kappa shape index (κ2) is 9.07. The van der Waals surface area contributed by atoms with Crippen LogP contribution >= 0.6 is 0 Å². The topological polar surface area (TPSA) is 68.6 Å². The predicted molar refractivity (Wildman–Crippen MR) is 112 cm³/mol. The Morgan fingerprint density at radius 3 is 2.32 bits per heavy atom. The van der Waals surface area contributed by atoms with E-state index in [2.05, 4.69) is 10.2 Å². The molecule has 2 aromatic carbocycles. The number of benzene rings is 2. The minimum absolute atomic E-state index is 0.0647. The maximum atomic E-state index is 12.5. The quantitative estimate of drug-likeness (QED) is 0.641. The standard InChI is InChI=1S/C22H24N4O2/c1-25(2)20-7-3-17(4-8-20)15-18(16-23)22(27)24-19-5-9-21(10-6-19)26-11-13-28-14-12-26/h3-10,15H,11-14H2,1-2H3,(H,24,27)/b18-15+. The molecule has 1 fully saturated rings. The molecule has 0 bridgehead atoms. The summed E-state index contributed by atoms with van der Waals surface area (Å²) in [7, 11) is 3.92. The van der Waals surface area contributed by atoms with Crippen LogP contribution in [0.4, 0.5) is 17.1 Å². The highest BCUT2D eigenvalue weighted by molar-refractivity contribution is 6.09. The van der Waals surface area contributed by atoms with E-state index in [9.17, 15) is 10.1 Å². The lowest BCUT2D eigenvalue weighted by molar-refractivity contribution is -0.112. The molecule has 0 atom stereocenters. The van der Waals surface area contributed by atoms with Crippen molar-refractivity contribution in [2.24, 2.45) is 0 Å². The Hall–Kier alpha value is -3.30. The van der Waals surface area contributed by atoms with Crippen LogP contribution in [0.25, 0.3) is 6.08 Å². The average molecular weight is 376 g/mol. The minimum Gasteiger partial charge on any atom is -0.378 e. The van der Waals surface area contributed by atoms with Crippen LogP contribution in [0.15, 0.2) is 54.1 Å². The summed E-state index contributed by atoms with van der Waals surface area (Å²) in [6, 6.07) is 17.3. The van der Waals surface area contributed by atoms with Gasteiger partial charge in [-0.3, -0.25) is 4.79 Å². The molecule has 28 heavy (non-hydrogen) atoms. The van der Waals surface area contributed by atoms with Crippen molar-refractivity contribution in [2.75, 3.05) is 55.5 Å². The van der Waals surface area contributed by atoms with Gasteiger partial charge in [0.25, 0.3) is 5.91 Å². The van der Waals surface area contributed by atoms with Gasteiger partial charge in [-0.25, -0.2) is 0 Å². The summed E-state index contributed by atoms with van der Waals surface area (Å²) in [6.45, 7) is 3.17. The summed E-state index contributed by atoms with van der Waals surface area (Å²) in [4.78, 5) is 16.7. The number of rotatable bonds is 5. The SMILES string of the molecule is CN(C)c1ccc(/C=C(\C#N)C(=O)Nc2ccc(N3CCOCC3)cc2)cc1. The van der Waals surface area contributed by atoms with Crippen LogP contribution in [0.5, 0.6) is 0 Å². The minimum atomic E-state index is -0.418. The van der Waals surface area contributed by atoms with Crippen molar-refractivity contribution < 1.29 is 9.53 Å². The number of nitrogens with zero attached hydrogens (tertiary/aromatic N) is 3. The third-order valence-electron chi connectivity index (χ3n) is 4.59. The Bertz CT molecular complexity index is 874. The fraction of sp³-hybridized carbons (Fsp3) is 0.273. The van der Waals surface area contributed by atoms with Gasteiger partial charge in [0.2, 0.25) is 0 Å². The number of nitrogens with one attached hydrogen (secondary N) is 1. The van der Waals surface area contributed by atoms with Crippen LogP contribution in [0.3, 0.4) is 0 Å². The fourth-order valence-corrected chi connectivity index (χ4v) is 2.96. The Labute approximate surface area is 165 Å². The van der Waals surface area contributed by atoms with E-state index in [4.69, 9.17) is 4.74 Å². The van der Waals surface area contributed by atoms with E-state index in [-0.39, 0.29) is 5.57 Å². The Morgan fingerprint density at radius 2 is 1.75 bits per heavy atom. The van der Waals surface area contributed by atoms with Gasteiger partial charge in [-0.2, -0.15) is 5.26 Å². The molecular formula is C22H24N4O2. The number of morpholine rings is 1. The molecule has 0 aromatic heterocycles. The normalized spacial score (nSPS) is 14.3. The van der Waals surface area contributed by atoms with Gasteiger partial charge in [0.05, 0.1) is 13.2 Å². The van der Waals surface area contributed by atoms with Gasteiger partial charge in [0.1, 0.15) is 11.6 Å². The van der Waals surface area contributed by atoms with Crippen molar-refractivity contribution in [2.45, 2.75) is 0 Å². The molecule has 144 valence electrons. The summed E-state index contributed by atoms with van der Waals surface area (Å²) >= 11 is 0. The van der Waals surface area contributed by atoms with E-state index in [1.54, 1.807) is 6.08 Å². The molecule has 6 nitrogen and oxygen atoms in total. The highest BCUT2D eigenvalue weighted by Crippen LogP contribution is 2.20. The molecule has 0 aliphatic carbocycles. The summed E-state index contributed by atoms with van der Waals surface area (Å²) in [5.41, 5.74) is 3.68. The number of ether oxygens (including phenoxy) is 1. The highest BCUT2D eigenvalue weighted by atomic mass is 16.5. The van der Waals surface area contributed by atoms with Crippen molar-refractivity contribution in [1.82, 2.24) is 0 Å². The van der Waals surface area contributed by atoms with Crippen LogP contribution in [0, 0.1) is 11.3 Å². The van der Waals surface area contributed by atoms with Crippen molar-refractivity contribution in [3.63, 3.8) is 0 Å². The van der Waals surface area contributed by atoms with Gasteiger partial charge in [0.15, 0.2) is 0 Å². The van der Waals surface area contributed by atoms with Gasteiger partial charge in [-0.1, -0.05) is 12.1 Å². The first-order valence-electron chi connectivity index (χ1n) is 9.20. The van der Waals surface area contributed by atoms with E-state index in [0.29, 0.717) is 5.69 Å². The highest BCUT2D eigenvalue weighted by Gasteiger charge is 2.12. The van der Waals surface area contributed by atoms with E-state index >= 15 is 0 Å². The lowest BCUT2D eigenvalue weighted by Gasteiger charge is -2.28. The van der Waals surface area contributed by atoms with Crippen LogP contribution in [-0.4, -0.2) is 46.3 Å². The number of hydrogen-bond donors (Lipinski definition) is 1. The molecule has 1 saturated heterocycles. The summed E-state index contributed by atoms with van der Waals surface area (Å²) in [6.07, 6.45) is 1.59. The lowest BCUT2D eigenvalue weighted by Crippen LogP contribution is -2.36. The number of amides is 1. The van der Waals surface area contributed by atoms with Gasteiger partial charge in [-0.15, -0.1) is 0 Å². The zero-order chi connectivity index (χ0) is 19.9. The van der Waals surface area contributed by atoms with Crippen LogP contribution in [0.2, 0.25) is 0 Å². The molecule has 1 heterocycles. The van der Waals surface area contributed by atoms with Gasteiger partial charge in [-0.05, 0) is 48.0 Å². The van der Waals surface area contributed by atoms with E-state index in [1.165, 1.54) is 0 Å². The van der Waals surface area contributed by atoms with Gasteiger partial charge < -0.3 is 19.9 Å². The smallest absolute Gasteiger partial charge is 0.266 e. The number of carbonyl (C=O) groups is 1. The van der Waals surface area contributed by atoms with E-state index in [0.717, 1.165) is 43.2 Å². The second-order valence-electron chi connectivity index (χ2n) is 6.76. The third-order valence-corrected chi connectivity index (χ3v) is 4.59. The van der Waals surface area contributed by atoms with Gasteiger partial charge in [0, 0.05) is 44.2 Å². The van der Waals surface area contributed by atoms with E-state index < -0.39 is 5.91 Å².